The maximum atomic E-state index is 12.9. The second-order valence-corrected chi connectivity index (χ2v) is 7.33. The number of ether oxygens (including phenoxy) is 2. The molecule has 0 saturated heterocycles. The molecule has 0 amide bonds. The molecule has 5 nitrogen and oxygen atoms in total. The van der Waals surface area contributed by atoms with Crippen molar-refractivity contribution in [3.63, 3.8) is 0 Å². The summed E-state index contributed by atoms with van der Waals surface area (Å²) in [5.41, 5.74) is 2.38. The normalized spacial score (nSPS) is 15.2. The number of pyridine rings is 1. The Morgan fingerprint density at radius 2 is 1.91 bits per heavy atom. The number of nitrogens with zero attached hydrogens (tertiary/aromatic N) is 3. The van der Waals surface area contributed by atoms with Gasteiger partial charge in [-0.3, -0.25) is 4.57 Å². The van der Waals surface area contributed by atoms with Gasteiger partial charge in [0.05, 0.1) is 23.3 Å². The van der Waals surface area contributed by atoms with Gasteiger partial charge in [-0.1, -0.05) is 12.0 Å². The minimum absolute atomic E-state index is 0.209. The standard InChI is InChI=1S/C24H16F3N3O2/c1-2-15-6-11-21-20(12-15)29-23-30(21)13-18(32-23)14-31-17-9-7-16(8-10-17)19-4-3-5-22(28-19)24(25,26)27/h1,3-12,18H,13-14H2. The minimum Gasteiger partial charge on any atom is -0.490 e. The van der Waals surface area contributed by atoms with Gasteiger partial charge in [-0.05, 0) is 54.6 Å². The molecule has 0 fully saturated rings. The van der Waals surface area contributed by atoms with Crippen molar-refractivity contribution < 1.29 is 22.6 Å². The van der Waals surface area contributed by atoms with Gasteiger partial charge in [0.15, 0.2) is 6.10 Å². The summed E-state index contributed by atoms with van der Waals surface area (Å²) in [6, 6.07) is 16.7. The first-order valence-electron chi connectivity index (χ1n) is 9.82. The molecule has 0 N–H and O–H groups in total. The summed E-state index contributed by atoms with van der Waals surface area (Å²) in [6.07, 6.45) is 0.742. The van der Waals surface area contributed by atoms with E-state index in [1.54, 1.807) is 24.3 Å². The second-order valence-electron chi connectivity index (χ2n) is 7.33. The van der Waals surface area contributed by atoms with Gasteiger partial charge in [-0.15, -0.1) is 6.42 Å². The summed E-state index contributed by atoms with van der Waals surface area (Å²) in [5, 5.41) is 0. The first-order valence-corrected chi connectivity index (χ1v) is 9.82. The molecule has 0 bridgehead atoms. The quantitative estimate of drug-likeness (QED) is 0.426. The van der Waals surface area contributed by atoms with Crippen LogP contribution in [0.15, 0.2) is 60.7 Å². The Morgan fingerprint density at radius 3 is 2.66 bits per heavy atom. The number of hydrogen-bond acceptors (Lipinski definition) is 4. The molecule has 32 heavy (non-hydrogen) atoms. The average Bonchev–Trinajstić information content (AvgIpc) is 3.34. The van der Waals surface area contributed by atoms with Gasteiger partial charge in [0.1, 0.15) is 18.1 Å². The topological polar surface area (TPSA) is 49.2 Å². The van der Waals surface area contributed by atoms with Crippen molar-refractivity contribution in [1.82, 2.24) is 14.5 Å². The second kappa shape index (κ2) is 7.61. The fourth-order valence-electron chi connectivity index (χ4n) is 3.61. The van der Waals surface area contributed by atoms with Crippen LogP contribution in [0.3, 0.4) is 0 Å². The van der Waals surface area contributed by atoms with E-state index < -0.39 is 11.9 Å². The molecule has 0 spiro atoms. The number of rotatable bonds is 4. The molecule has 3 heterocycles. The highest BCUT2D eigenvalue weighted by Crippen LogP contribution is 2.31. The third kappa shape index (κ3) is 3.73. The Labute approximate surface area is 181 Å². The number of benzene rings is 2. The SMILES string of the molecule is C#Cc1ccc2c(c1)nc1n2CC(COc2ccc(-c3cccc(C(F)(F)F)n3)cc2)O1. The number of halogens is 3. The molecule has 2 aromatic carbocycles. The maximum Gasteiger partial charge on any atom is 0.433 e. The van der Waals surface area contributed by atoms with E-state index in [9.17, 15) is 13.2 Å². The highest BCUT2D eigenvalue weighted by atomic mass is 19.4. The minimum atomic E-state index is -4.48. The molecule has 5 rings (SSSR count). The van der Waals surface area contributed by atoms with E-state index in [-0.39, 0.29) is 11.8 Å². The van der Waals surface area contributed by atoms with Gasteiger partial charge >= 0.3 is 6.18 Å². The molecule has 160 valence electrons. The van der Waals surface area contributed by atoms with Crippen LogP contribution in [0, 0.1) is 12.3 Å². The zero-order valence-corrected chi connectivity index (χ0v) is 16.6. The van der Waals surface area contributed by atoms with Crippen LogP contribution in [0.1, 0.15) is 11.3 Å². The first kappa shape index (κ1) is 19.9. The van der Waals surface area contributed by atoms with Gasteiger partial charge in [0.2, 0.25) is 0 Å². The van der Waals surface area contributed by atoms with Crippen molar-refractivity contribution in [3.05, 3.63) is 71.9 Å². The lowest BCUT2D eigenvalue weighted by Gasteiger charge is -2.12. The molecule has 1 unspecified atom stereocenters. The molecule has 1 aliphatic heterocycles. The number of imidazole rings is 1. The van der Waals surface area contributed by atoms with Crippen molar-refractivity contribution in [2.45, 2.75) is 18.8 Å². The van der Waals surface area contributed by atoms with E-state index >= 15 is 0 Å². The van der Waals surface area contributed by atoms with E-state index in [0.717, 1.165) is 22.7 Å². The molecule has 4 aromatic rings. The largest absolute Gasteiger partial charge is 0.490 e. The Morgan fingerprint density at radius 1 is 1.09 bits per heavy atom. The predicted molar refractivity (Wildman–Crippen MR) is 112 cm³/mol. The fraction of sp³-hybridized carbons (Fsp3) is 0.167. The van der Waals surface area contributed by atoms with Crippen LogP contribution in [0.5, 0.6) is 11.8 Å². The van der Waals surface area contributed by atoms with Crippen molar-refractivity contribution in [3.8, 4) is 35.4 Å². The Balaban J connectivity index is 1.24. The fourth-order valence-corrected chi connectivity index (χ4v) is 3.61. The Kier molecular flexibility index (Phi) is 4.74. The van der Waals surface area contributed by atoms with E-state index in [4.69, 9.17) is 15.9 Å². The smallest absolute Gasteiger partial charge is 0.433 e. The summed E-state index contributed by atoms with van der Waals surface area (Å²) in [6.45, 7) is 0.891. The van der Waals surface area contributed by atoms with Crippen molar-refractivity contribution in [2.24, 2.45) is 0 Å². The summed E-state index contributed by atoms with van der Waals surface area (Å²) < 4.78 is 52.3. The van der Waals surface area contributed by atoms with E-state index in [1.165, 1.54) is 12.1 Å². The van der Waals surface area contributed by atoms with E-state index in [1.807, 2.05) is 22.8 Å². The van der Waals surface area contributed by atoms with Crippen LogP contribution >= 0.6 is 0 Å². The summed E-state index contributed by atoms with van der Waals surface area (Å²) >= 11 is 0. The lowest BCUT2D eigenvalue weighted by molar-refractivity contribution is -0.141. The number of fused-ring (bicyclic) bond motifs is 3. The molecular weight excluding hydrogens is 419 g/mol. The van der Waals surface area contributed by atoms with E-state index in [2.05, 4.69) is 15.9 Å². The van der Waals surface area contributed by atoms with Crippen LogP contribution in [-0.2, 0) is 12.7 Å². The lowest BCUT2D eigenvalue weighted by Crippen LogP contribution is -2.23. The molecule has 0 radical (unpaired) electrons. The van der Waals surface area contributed by atoms with Gasteiger partial charge < -0.3 is 9.47 Å². The lowest BCUT2D eigenvalue weighted by atomic mass is 10.1. The molecular formula is C24H16F3N3O2. The van der Waals surface area contributed by atoms with Crippen molar-refractivity contribution in [1.29, 1.82) is 0 Å². The van der Waals surface area contributed by atoms with Crippen molar-refractivity contribution >= 4 is 11.0 Å². The molecule has 2 aromatic heterocycles. The number of alkyl halides is 3. The molecule has 1 aliphatic rings. The van der Waals surface area contributed by atoms with Crippen LogP contribution in [-0.4, -0.2) is 27.2 Å². The van der Waals surface area contributed by atoms with Crippen LogP contribution in [0.2, 0.25) is 0 Å². The Hall–Kier alpha value is -3.99. The van der Waals surface area contributed by atoms with Crippen molar-refractivity contribution in [2.75, 3.05) is 6.61 Å². The predicted octanol–water partition coefficient (Wildman–Crippen LogP) is 4.94. The summed E-state index contributed by atoms with van der Waals surface area (Å²) in [7, 11) is 0. The van der Waals surface area contributed by atoms with Gasteiger partial charge in [0.25, 0.3) is 6.01 Å². The summed E-state index contributed by atoms with van der Waals surface area (Å²) in [4.78, 5) is 8.18. The zero-order chi connectivity index (χ0) is 22.3. The molecule has 0 aliphatic carbocycles. The van der Waals surface area contributed by atoms with Crippen LogP contribution in [0.25, 0.3) is 22.3 Å². The number of hydrogen-bond donors (Lipinski definition) is 0. The zero-order valence-electron chi connectivity index (χ0n) is 16.6. The third-order valence-corrected chi connectivity index (χ3v) is 5.16. The molecule has 8 heteroatoms. The third-order valence-electron chi connectivity index (χ3n) is 5.16. The first-order chi connectivity index (χ1) is 15.4. The average molecular weight is 435 g/mol. The van der Waals surface area contributed by atoms with E-state index in [0.29, 0.717) is 30.5 Å². The molecule has 0 saturated carbocycles. The maximum absolute atomic E-state index is 12.9. The van der Waals surface area contributed by atoms with Gasteiger partial charge in [-0.25, -0.2) is 4.98 Å². The number of aromatic nitrogens is 3. The highest BCUT2D eigenvalue weighted by molar-refractivity contribution is 5.78. The van der Waals surface area contributed by atoms with Gasteiger partial charge in [0, 0.05) is 11.1 Å². The van der Waals surface area contributed by atoms with Gasteiger partial charge in [-0.2, -0.15) is 18.2 Å². The number of terminal acetylenes is 1. The Bertz CT molecular complexity index is 1340. The molecule has 1 atom stereocenters. The van der Waals surface area contributed by atoms with Crippen LogP contribution < -0.4 is 9.47 Å². The summed E-state index contributed by atoms with van der Waals surface area (Å²) in [5.74, 6) is 3.17. The van der Waals surface area contributed by atoms with Crippen LogP contribution in [0.4, 0.5) is 13.2 Å². The highest BCUT2D eigenvalue weighted by Gasteiger charge is 2.32. The monoisotopic (exact) mass is 435 g/mol.